The van der Waals surface area contributed by atoms with Crippen molar-refractivity contribution >= 4 is 27.8 Å². The first kappa shape index (κ1) is 27.1. The van der Waals surface area contributed by atoms with E-state index in [4.69, 9.17) is 4.74 Å². The van der Waals surface area contributed by atoms with Crippen LogP contribution in [0, 0.1) is 0 Å². The molecule has 0 radical (unpaired) electrons. The average Bonchev–Trinajstić information content (AvgIpc) is 3.31. The molecule has 1 saturated heterocycles. The Morgan fingerprint density at radius 3 is 2.36 bits per heavy atom. The summed E-state index contributed by atoms with van der Waals surface area (Å²) in [6.45, 7) is 1.20. The van der Waals surface area contributed by atoms with Crippen molar-refractivity contribution in [3.63, 3.8) is 0 Å². The van der Waals surface area contributed by atoms with Crippen molar-refractivity contribution in [1.29, 1.82) is 0 Å². The lowest BCUT2D eigenvalue weighted by molar-refractivity contribution is -0.137. The van der Waals surface area contributed by atoms with E-state index in [0.29, 0.717) is 18.4 Å². The zero-order valence-electron chi connectivity index (χ0n) is 19.4. The van der Waals surface area contributed by atoms with Crippen LogP contribution < -0.4 is 14.8 Å². The number of carbonyl (C=O) groups is 3. The highest BCUT2D eigenvalue weighted by Crippen LogP contribution is 2.32. The molecule has 9 nitrogen and oxygen atoms in total. The Morgan fingerprint density at radius 2 is 1.78 bits per heavy atom. The predicted octanol–water partition coefficient (Wildman–Crippen LogP) is 2.46. The van der Waals surface area contributed by atoms with Crippen LogP contribution in [0.1, 0.15) is 41.3 Å². The zero-order chi connectivity index (χ0) is 26.7. The van der Waals surface area contributed by atoms with Crippen LogP contribution in [0.25, 0.3) is 0 Å². The van der Waals surface area contributed by atoms with Crippen molar-refractivity contribution in [3.05, 3.63) is 59.2 Å². The van der Waals surface area contributed by atoms with Crippen molar-refractivity contribution in [1.82, 2.24) is 14.9 Å². The molecule has 1 fully saturated rings. The summed E-state index contributed by atoms with van der Waals surface area (Å²) in [6.07, 6.45) is -3.66. The average molecular weight is 528 g/mol. The van der Waals surface area contributed by atoms with E-state index in [-0.39, 0.29) is 18.7 Å². The van der Waals surface area contributed by atoms with Gasteiger partial charge in [-0.3, -0.25) is 14.4 Å². The van der Waals surface area contributed by atoms with E-state index in [1.807, 2.05) is 0 Å². The Balaban J connectivity index is 1.81. The molecule has 0 aliphatic carbocycles. The van der Waals surface area contributed by atoms with Gasteiger partial charge in [0.05, 0.1) is 11.1 Å². The largest absolute Gasteiger partial charge is 0.424 e. The summed E-state index contributed by atoms with van der Waals surface area (Å²) in [6, 6.07) is 7.22. The van der Waals surface area contributed by atoms with Crippen LogP contribution >= 0.6 is 0 Å². The molecule has 194 valence electrons. The van der Waals surface area contributed by atoms with Gasteiger partial charge in [0.1, 0.15) is 10.9 Å². The highest BCUT2D eigenvalue weighted by molar-refractivity contribution is 7.89. The van der Waals surface area contributed by atoms with Crippen LogP contribution in [-0.4, -0.2) is 50.7 Å². The molecule has 0 bridgehead atoms. The minimum absolute atomic E-state index is 0.0515. The van der Waals surface area contributed by atoms with E-state index in [1.165, 1.54) is 42.3 Å². The summed E-state index contributed by atoms with van der Waals surface area (Å²) < 4.78 is 70.2. The molecular formula is C23H24F3N3O6S. The first-order valence-electron chi connectivity index (χ1n) is 10.8. The number of esters is 1. The fourth-order valence-electron chi connectivity index (χ4n) is 3.81. The third kappa shape index (κ3) is 6.02. The van der Waals surface area contributed by atoms with Crippen molar-refractivity contribution in [2.45, 2.75) is 43.4 Å². The Hall–Kier alpha value is -3.45. The lowest BCUT2D eigenvalue weighted by Crippen LogP contribution is -2.45. The molecule has 2 N–H and O–H groups in total. The van der Waals surface area contributed by atoms with Crippen LogP contribution in [0.4, 0.5) is 13.2 Å². The molecule has 2 aromatic carbocycles. The van der Waals surface area contributed by atoms with Crippen molar-refractivity contribution in [2.75, 3.05) is 13.6 Å². The van der Waals surface area contributed by atoms with E-state index < -0.39 is 56.2 Å². The summed E-state index contributed by atoms with van der Waals surface area (Å²) in [4.78, 5) is 38.7. The molecule has 2 amide bonds. The lowest BCUT2D eigenvalue weighted by Gasteiger charge is -2.25. The SMILES string of the molecule is CNS(=O)(=O)c1cccc(C(=O)N2CCC[C@@H]2C(=O)NCc2ccc(C(F)(F)F)cc2)c1OC(C)=O. The van der Waals surface area contributed by atoms with Gasteiger partial charge in [-0.15, -0.1) is 0 Å². The number of ether oxygens (including phenoxy) is 1. The number of sulfonamides is 1. The predicted molar refractivity (Wildman–Crippen MR) is 121 cm³/mol. The van der Waals surface area contributed by atoms with Crippen LogP contribution in [0.3, 0.4) is 0 Å². The van der Waals surface area contributed by atoms with E-state index >= 15 is 0 Å². The first-order valence-corrected chi connectivity index (χ1v) is 12.3. The zero-order valence-corrected chi connectivity index (χ0v) is 20.2. The second kappa shape index (κ2) is 10.7. The number of hydrogen-bond acceptors (Lipinski definition) is 6. The van der Waals surface area contributed by atoms with Gasteiger partial charge < -0.3 is 15.0 Å². The molecule has 3 rings (SSSR count). The highest BCUT2D eigenvalue weighted by Gasteiger charge is 2.37. The Kier molecular flexibility index (Phi) is 8.04. The molecular weight excluding hydrogens is 503 g/mol. The van der Waals surface area contributed by atoms with Crippen LogP contribution in [0.15, 0.2) is 47.4 Å². The number of alkyl halides is 3. The van der Waals surface area contributed by atoms with Gasteiger partial charge in [0.25, 0.3) is 5.91 Å². The summed E-state index contributed by atoms with van der Waals surface area (Å²) >= 11 is 0. The Bertz CT molecular complexity index is 1260. The Labute approximate surface area is 205 Å². The summed E-state index contributed by atoms with van der Waals surface area (Å²) in [5.74, 6) is -2.50. The molecule has 2 aromatic rings. The van der Waals surface area contributed by atoms with Crippen LogP contribution in [-0.2, 0) is 32.3 Å². The van der Waals surface area contributed by atoms with Crippen molar-refractivity contribution < 1.29 is 40.7 Å². The number of nitrogens with one attached hydrogen (secondary N) is 2. The number of para-hydroxylation sites is 1. The number of hydrogen-bond donors (Lipinski definition) is 2. The summed E-state index contributed by atoms with van der Waals surface area (Å²) in [5.41, 5.74) is -0.574. The Morgan fingerprint density at radius 1 is 1.11 bits per heavy atom. The van der Waals surface area contributed by atoms with Gasteiger partial charge in [-0.05, 0) is 49.7 Å². The molecule has 0 aromatic heterocycles. The molecule has 0 unspecified atom stereocenters. The fraction of sp³-hybridized carbons (Fsp3) is 0.348. The number of benzene rings is 2. The molecule has 13 heteroatoms. The number of amides is 2. The molecule has 1 aliphatic rings. The molecule has 1 heterocycles. The smallest absolute Gasteiger partial charge is 0.416 e. The summed E-state index contributed by atoms with van der Waals surface area (Å²) in [7, 11) is -2.92. The van der Waals surface area contributed by atoms with Crippen molar-refractivity contribution in [3.8, 4) is 5.75 Å². The first-order chi connectivity index (χ1) is 16.8. The topological polar surface area (TPSA) is 122 Å². The second-order valence-corrected chi connectivity index (χ2v) is 9.86. The maximum atomic E-state index is 13.4. The second-order valence-electron chi connectivity index (χ2n) is 8.00. The standard InChI is InChI=1S/C23H24F3N3O6S/c1-14(30)35-20-17(5-3-7-19(20)36(33,34)27-2)22(32)29-12-4-6-18(29)21(31)28-13-15-8-10-16(11-9-15)23(24,25)26/h3,5,7-11,18,27H,4,6,12-13H2,1-2H3,(H,28,31)/t18-/m1/s1. The third-order valence-corrected chi connectivity index (χ3v) is 7.02. The molecule has 1 aliphatic heterocycles. The monoisotopic (exact) mass is 527 g/mol. The van der Waals surface area contributed by atoms with Gasteiger partial charge in [0.2, 0.25) is 15.9 Å². The molecule has 36 heavy (non-hydrogen) atoms. The van der Waals surface area contributed by atoms with Crippen molar-refractivity contribution in [2.24, 2.45) is 0 Å². The quantitative estimate of drug-likeness (QED) is 0.422. The van der Waals surface area contributed by atoms with Crippen LogP contribution in [0.2, 0.25) is 0 Å². The number of carbonyl (C=O) groups excluding carboxylic acids is 3. The van der Waals surface area contributed by atoms with Crippen LogP contribution in [0.5, 0.6) is 5.75 Å². The van der Waals surface area contributed by atoms with Gasteiger partial charge in [-0.2, -0.15) is 13.2 Å². The maximum absolute atomic E-state index is 13.4. The number of likely N-dealkylation sites (tertiary alicyclic amines) is 1. The molecule has 0 spiro atoms. The lowest BCUT2D eigenvalue weighted by atomic mass is 10.1. The normalized spacial score (nSPS) is 16.0. The van der Waals surface area contributed by atoms with Gasteiger partial charge in [-0.1, -0.05) is 18.2 Å². The van der Waals surface area contributed by atoms with Gasteiger partial charge in [0.15, 0.2) is 5.75 Å². The van der Waals surface area contributed by atoms with Gasteiger partial charge in [-0.25, -0.2) is 13.1 Å². The minimum Gasteiger partial charge on any atom is -0.424 e. The summed E-state index contributed by atoms with van der Waals surface area (Å²) in [5, 5.41) is 2.62. The van der Waals surface area contributed by atoms with E-state index in [2.05, 4.69) is 10.0 Å². The highest BCUT2D eigenvalue weighted by atomic mass is 32.2. The van der Waals surface area contributed by atoms with E-state index in [9.17, 15) is 36.0 Å². The van der Waals surface area contributed by atoms with E-state index in [1.54, 1.807) is 0 Å². The number of halogens is 3. The van der Waals surface area contributed by atoms with Gasteiger partial charge in [0, 0.05) is 20.0 Å². The van der Waals surface area contributed by atoms with E-state index in [0.717, 1.165) is 19.1 Å². The third-order valence-electron chi connectivity index (χ3n) is 5.58. The van der Waals surface area contributed by atoms with Gasteiger partial charge >= 0.3 is 12.1 Å². The number of rotatable bonds is 7. The fourth-order valence-corrected chi connectivity index (χ4v) is 4.68. The minimum atomic E-state index is -4.47. The maximum Gasteiger partial charge on any atom is 0.416 e. The number of nitrogens with zero attached hydrogens (tertiary/aromatic N) is 1. The molecule has 0 saturated carbocycles. The molecule has 1 atom stereocenters.